The third kappa shape index (κ3) is 1.73. The van der Waals surface area contributed by atoms with Crippen molar-refractivity contribution in [3.63, 3.8) is 0 Å². The van der Waals surface area contributed by atoms with Crippen LogP contribution in [0.1, 0.15) is 10.9 Å². The molecule has 0 bridgehead atoms. The van der Waals surface area contributed by atoms with Crippen molar-refractivity contribution in [3.8, 4) is 0 Å². The van der Waals surface area contributed by atoms with Crippen LogP contribution >= 0.6 is 11.8 Å². The van der Waals surface area contributed by atoms with E-state index >= 15 is 0 Å². The molecule has 4 nitrogen and oxygen atoms in total. The van der Waals surface area contributed by atoms with Gasteiger partial charge in [-0.15, -0.1) is 11.8 Å². The molecule has 2 rings (SSSR count). The second kappa shape index (κ2) is 3.98. The van der Waals surface area contributed by atoms with Gasteiger partial charge in [0.2, 0.25) is 0 Å². The SMILES string of the molecule is O=[N+]([O-])c1ccccc1C1NCCS1. The smallest absolute Gasteiger partial charge is 0.275 e. The molecule has 1 unspecified atom stereocenters. The van der Waals surface area contributed by atoms with Gasteiger partial charge in [-0.05, 0) is 6.07 Å². The van der Waals surface area contributed by atoms with E-state index in [0.717, 1.165) is 17.9 Å². The maximum atomic E-state index is 10.7. The van der Waals surface area contributed by atoms with E-state index < -0.39 is 0 Å². The summed E-state index contributed by atoms with van der Waals surface area (Å²) in [6.45, 7) is 0.918. The molecule has 1 N–H and O–H groups in total. The number of nitrogens with zero attached hydrogens (tertiary/aromatic N) is 1. The van der Waals surface area contributed by atoms with E-state index in [4.69, 9.17) is 0 Å². The molecule has 0 radical (unpaired) electrons. The predicted octanol–water partition coefficient (Wildman–Crippen LogP) is 1.93. The van der Waals surface area contributed by atoms with Crippen LogP contribution in [0.2, 0.25) is 0 Å². The third-order valence-corrected chi connectivity index (χ3v) is 3.33. The molecule has 5 heteroatoms. The first-order valence-electron chi connectivity index (χ1n) is 4.37. The molecule has 1 saturated heterocycles. The second-order valence-corrected chi connectivity index (χ2v) is 4.23. The van der Waals surface area contributed by atoms with Crippen molar-refractivity contribution in [1.82, 2.24) is 5.32 Å². The molecule has 1 aromatic carbocycles. The molecule has 14 heavy (non-hydrogen) atoms. The monoisotopic (exact) mass is 210 g/mol. The second-order valence-electron chi connectivity index (χ2n) is 3.02. The summed E-state index contributed by atoms with van der Waals surface area (Å²) >= 11 is 1.71. The number of nitro groups is 1. The molecule has 0 spiro atoms. The first kappa shape index (κ1) is 9.48. The minimum Gasteiger partial charge on any atom is -0.301 e. The average molecular weight is 210 g/mol. The Morgan fingerprint density at radius 2 is 2.29 bits per heavy atom. The Bertz CT molecular complexity index is 350. The Kier molecular flexibility index (Phi) is 2.69. The number of hydrogen-bond donors (Lipinski definition) is 1. The Morgan fingerprint density at radius 3 is 2.93 bits per heavy atom. The van der Waals surface area contributed by atoms with Gasteiger partial charge in [-0.2, -0.15) is 0 Å². The van der Waals surface area contributed by atoms with Crippen LogP contribution in [-0.4, -0.2) is 17.2 Å². The number of rotatable bonds is 2. The van der Waals surface area contributed by atoms with E-state index in [2.05, 4.69) is 5.32 Å². The third-order valence-electron chi connectivity index (χ3n) is 2.13. The van der Waals surface area contributed by atoms with E-state index in [0.29, 0.717) is 0 Å². The highest BCUT2D eigenvalue weighted by molar-refractivity contribution is 7.99. The standard InChI is InChI=1S/C9H10N2O2S/c12-11(13)8-4-2-1-3-7(8)9-10-5-6-14-9/h1-4,9-10H,5-6H2. The van der Waals surface area contributed by atoms with Gasteiger partial charge in [-0.1, -0.05) is 12.1 Å². The van der Waals surface area contributed by atoms with Crippen LogP contribution in [-0.2, 0) is 0 Å². The van der Waals surface area contributed by atoms with E-state index in [-0.39, 0.29) is 16.0 Å². The van der Waals surface area contributed by atoms with E-state index in [1.807, 2.05) is 12.1 Å². The van der Waals surface area contributed by atoms with Crippen molar-refractivity contribution < 1.29 is 4.92 Å². The Labute approximate surface area is 85.8 Å². The van der Waals surface area contributed by atoms with Crippen LogP contribution in [0.4, 0.5) is 5.69 Å². The lowest BCUT2D eigenvalue weighted by molar-refractivity contribution is -0.385. The lowest BCUT2D eigenvalue weighted by atomic mass is 10.2. The van der Waals surface area contributed by atoms with Gasteiger partial charge in [0.25, 0.3) is 5.69 Å². The van der Waals surface area contributed by atoms with Gasteiger partial charge >= 0.3 is 0 Å². The average Bonchev–Trinajstić information content (AvgIpc) is 2.70. The zero-order valence-corrected chi connectivity index (χ0v) is 8.29. The molecule has 0 aromatic heterocycles. The van der Waals surface area contributed by atoms with E-state index in [1.54, 1.807) is 23.9 Å². The quantitative estimate of drug-likeness (QED) is 0.598. The molecule has 0 saturated carbocycles. The molecular weight excluding hydrogens is 200 g/mol. The fourth-order valence-corrected chi connectivity index (χ4v) is 2.59. The number of hydrogen-bond acceptors (Lipinski definition) is 4. The highest BCUT2D eigenvalue weighted by Gasteiger charge is 2.24. The number of thioether (sulfide) groups is 1. The van der Waals surface area contributed by atoms with Gasteiger partial charge < -0.3 is 5.32 Å². The lowest BCUT2D eigenvalue weighted by Gasteiger charge is -2.09. The maximum absolute atomic E-state index is 10.7. The van der Waals surface area contributed by atoms with Gasteiger partial charge in [0.1, 0.15) is 0 Å². The van der Waals surface area contributed by atoms with Crippen molar-refractivity contribution >= 4 is 17.4 Å². The van der Waals surface area contributed by atoms with Crippen molar-refractivity contribution in [2.45, 2.75) is 5.37 Å². The predicted molar refractivity (Wildman–Crippen MR) is 56.3 cm³/mol. The molecule has 74 valence electrons. The van der Waals surface area contributed by atoms with Gasteiger partial charge in [0.15, 0.2) is 0 Å². The summed E-state index contributed by atoms with van der Waals surface area (Å²) < 4.78 is 0. The molecule has 1 aliphatic rings. The summed E-state index contributed by atoms with van der Waals surface area (Å²) in [7, 11) is 0. The Balaban J connectivity index is 2.35. The molecule has 1 aromatic rings. The van der Waals surface area contributed by atoms with Crippen LogP contribution in [0.15, 0.2) is 24.3 Å². The molecule has 1 atom stereocenters. The molecular formula is C9H10N2O2S. The lowest BCUT2D eigenvalue weighted by Crippen LogP contribution is -2.13. The molecule has 1 fully saturated rings. The largest absolute Gasteiger partial charge is 0.301 e. The first-order valence-corrected chi connectivity index (χ1v) is 5.42. The Hall–Kier alpha value is -1.07. The van der Waals surface area contributed by atoms with Crippen LogP contribution in [0.25, 0.3) is 0 Å². The molecule has 1 heterocycles. The molecule has 0 aliphatic carbocycles. The molecule has 0 amide bonds. The van der Waals surface area contributed by atoms with Gasteiger partial charge in [0.05, 0.1) is 15.9 Å². The topological polar surface area (TPSA) is 55.2 Å². The molecule has 1 aliphatic heterocycles. The van der Waals surface area contributed by atoms with E-state index in [9.17, 15) is 10.1 Å². The summed E-state index contributed by atoms with van der Waals surface area (Å²) in [5.41, 5.74) is 0.986. The summed E-state index contributed by atoms with van der Waals surface area (Å²) in [6, 6.07) is 6.90. The number of nitro benzene ring substituents is 1. The van der Waals surface area contributed by atoms with Crippen LogP contribution in [0.3, 0.4) is 0 Å². The summed E-state index contributed by atoms with van der Waals surface area (Å²) in [6.07, 6.45) is 0. The van der Waals surface area contributed by atoms with Crippen molar-refractivity contribution in [1.29, 1.82) is 0 Å². The summed E-state index contributed by atoms with van der Waals surface area (Å²) in [4.78, 5) is 10.4. The summed E-state index contributed by atoms with van der Waals surface area (Å²) in [5.74, 6) is 1.01. The fraction of sp³-hybridized carbons (Fsp3) is 0.333. The van der Waals surface area contributed by atoms with Crippen molar-refractivity contribution in [2.75, 3.05) is 12.3 Å². The van der Waals surface area contributed by atoms with Crippen LogP contribution in [0.5, 0.6) is 0 Å². The number of nitrogens with one attached hydrogen (secondary N) is 1. The van der Waals surface area contributed by atoms with Gasteiger partial charge in [-0.25, -0.2) is 0 Å². The zero-order chi connectivity index (χ0) is 9.97. The van der Waals surface area contributed by atoms with Gasteiger partial charge in [-0.3, -0.25) is 10.1 Å². The summed E-state index contributed by atoms with van der Waals surface area (Å²) in [5, 5.41) is 14.1. The minimum absolute atomic E-state index is 0.0802. The van der Waals surface area contributed by atoms with Crippen molar-refractivity contribution in [2.24, 2.45) is 0 Å². The highest BCUT2D eigenvalue weighted by Crippen LogP contribution is 2.34. The highest BCUT2D eigenvalue weighted by atomic mass is 32.2. The van der Waals surface area contributed by atoms with Crippen molar-refractivity contribution in [3.05, 3.63) is 39.9 Å². The number of para-hydroxylation sites is 1. The number of benzene rings is 1. The Morgan fingerprint density at radius 1 is 1.50 bits per heavy atom. The normalized spacial score (nSPS) is 21.0. The van der Waals surface area contributed by atoms with E-state index in [1.165, 1.54) is 0 Å². The minimum atomic E-state index is -0.324. The van der Waals surface area contributed by atoms with Crippen LogP contribution < -0.4 is 5.32 Å². The first-order chi connectivity index (χ1) is 6.79. The fourth-order valence-electron chi connectivity index (χ4n) is 1.50. The maximum Gasteiger partial charge on any atom is 0.275 e. The van der Waals surface area contributed by atoms with Gasteiger partial charge in [0, 0.05) is 18.4 Å². The zero-order valence-electron chi connectivity index (χ0n) is 7.47. The van der Waals surface area contributed by atoms with Crippen LogP contribution in [0, 0.1) is 10.1 Å².